The first kappa shape index (κ1) is 25.7. The third-order valence-corrected chi connectivity index (χ3v) is 5.54. The van der Waals surface area contributed by atoms with Crippen LogP contribution >= 0.6 is 11.6 Å². The van der Waals surface area contributed by atoms with Crippen molar-refractivity contribution in [2.24, 2.45) is 5.92 Å². The summed E-state index contributed by atoms with van der Waals surface area (Å²) in [4.78, 5) is 27.9. The largest absolute Gasteiger partial charge is 0.494 e. The number of halogens is 1. The van der Waals surface area contributed by atoms with Gasteiger partial charge in [-0.05, 0) is 61.1 Å². The van der Waals surface area contributed by atoms with E-state index < -0.39 is 6.04 Å². The fourth-order valence-corrected chi connectivity index (χ4v) is 3.53. The Kier molecular flexibility index (Phi) is 10.5. The number of hydrogen-bond acceptors (Lipinski definition) is 3. The van der Waals surface area contributed by atoms with Crippen molar-refractivity contribution in [1.29, 1.82) is 0 Å². The standard InChI is InChI=1S/C26H35ClN2O3/c1-5-24(26(31)28-17-19(2)3)29(18-21-10-7-6-9-20(21)4)25(30)11-8-16-32-23-14-12-22(27)13-15-23/h6-7,9-10,12-15,19,24H,5,8,11,16-18H2,1-4H3,(H,28,31). The number of rotatable bonds is 12. The maximum absolute atomic E-state index is 13.2. The van der Waals surface area contributed by atoms with Gasteiger partial charge in [0.15, 0.2) is 0 Å². The molecule has 0 radical (unpaired) electrons. The molecule has 0 bridgehead atoms. The molecule has 5 nitrogen and oxygen atoms in total. The molecule has 0 saturated heterocycles. The Labute approximate surface area is 197 Å². The van der Waals surface area contributed by atoms with Gasteiger partial charge in [0.1, 0.15) is 11.8 Å². The van der Waals surface area contributed by atoms with Crippen molar-refractivity contribution in [2.75, 3.05) is 13.2 Å². The molecule has 6 heteroatoms. The molecule has 0 aliphatic heterocycles. The molecule has 2 rings (SSSR count). The molecule has 0 fully saturated rings. The minimum atomic E-state index is -0.502. The van der Waals surface area contributed by atoms with E-state index in [0.29, 0.717) is 49.9 Å². The fourth-order valence-electron chi connectivity index (χ4n) is 3.40. The van der Waals surface area contributed by atoms with E-state index in [1.807, 2.05) is 38.1 Å². The Hall–Kier alpha value is -2.53. The number of nitrogens with zero attached hydrogens (tertiary/aromatic N) is 1. The van der Waals surface area contributed by atoms with Crippen molar-refractivity contribution in [3.63, 3.8) is 0 Å². The third-order valence-electron chi connectivity index (χ3n) is 5.29. The van der Waals surface area contributed by atoms with Gasteiger partial charge in [-0.15, -0.1) is 0 Å². The molecule has 0 aromatic heterocycles. The van der Waals surface area contributed by atoms with Crippen LogP contribution in [0.4, 0.5) is 0 Å². The second-order valence-electron chi connectivity index (χ2n) is 8.42. The summed E-state index contributed by atoms with van der Waals surface area (Å²) in [6.45, 7) is 9.51. The summed E-state index contributed by atoms with van der Waals surface area (Å²) in [5.74, 6) is 0.931. The molecule has 0 saturated carbocycles. The first-order chi connectivity index (χ1) is 15.3. The van der Waals surface area contributed by atoms with E-state index >= 15 is 0 Å². The van der Waals surface area contributed by atoms with Crippen LogP contribution in [-0.2, 0) is 16.1 Å². The van der Waals surface area contributed by atoms with Crippen LogP contribution in [0.25, 0.3) is 0 Å². The Morgan fingerprint density at radius 1 is 1.09 bits per heavy atom. The van der Waals surface area contributed by atoms with Crippen molar-refractivity contribution in [3.8, 4) is 5.75 Å². The molecule has 1 unspecified atom stereocenters. The Bertz CT molecular complexity index is 868. The molecule has 32 heavy (non-hydrogen) atoms. The van der Waals surface area contributed by atoms with E-state index in [9.17, 15) is 9.59 Å². The lowest BCUT2D eigenvalue weighted by atomic mass is 10.0. The van der Waals surface area contributed by atoms with E-state index in [-0.39, 0.29) is 11.8 Å². The Morgan fingerprint density at radius 2 is 1.78 bits per heavy atom. The zero-order valence-electron chi connectivity index (χ0n) is 19.6. The lowest BCUT2D eigenvalue weighted by molar-refractivity contribution is -0.141. The van der Waals surface area contributed by atoms with Crippen LogP contribution in [0.15, 0.2) is 48.5 Å². The van der Waals surface area contributed by atoms with Crippen molar-refractivity contribution in [3.05, 3.63) is 64.7 Å². The number of carbonyl (C=O) groups is 2. The fraction of sp³-hybridized carbons (Fsp3) is 0.462. The normalized spacial score (nSPS) is 11.8. The van der Waals surface area contributed by atoms with E-state index in [4.69, 9.17) is 16.3 Å². The quantitative estimate of drug-likeness (QED) is 0.434. The lowest BCUT2D eigenvalue weighted by Crippen LogP contribution is -2.49. The van der Waals surface area contributed by atoms with Gasteiger partial charge in [-0.25, -0.2) is 0 Å². The van der Waals surface area contributed by atoms with Crippen molar-refractivity contribution < 1.29 is 14.3 Å². The second-order valence-corrected chi connectivity index (χ2v) is 8.85. The predicted molar refractivity (Wildman–Crippen MR) is 130 cm³/mol. The van der Waals surface area contributed by atoms with Gasteiger partial charge in [0.2, 0.25) is 11.8 Å². The van der Waals surface area contributed by atoms with Crippen LogP contribution in [0.3, 0.4) is 0 Å². The summed E-state index contributed by atoms with van der Waals surface area (Å²) in [5, 5.41) is 3.65. The maximum atomic E-state index is 13.2. The topological polar surface area (TPSA) is 58.6 Å². The summed E-state index contributed by atoms with van der Waals surface area (Å²) < 4.78 is 5.72. The number of aryl methyl sites for hydroxylation is 1. The number of hydrogen-bond donors (Lipinski definition) is 1. The molecule has 2 aromatic carbocycles. The van der Waals surface area contributed by atoms with E-state index in [0.717, 1.165) is 16.9 Å². The van der Waals surface area contributed by atoms with Crippen LogP contribution in [0.5, 0.6) is 5.75 Å². The van der Waals surface area contributed by atoms with Crippen LogP contribution in [-0.4, -0.2) is 35.9 Å². The van der Waals surface area contributed by atoms with Crippen LogP contribution in [0.2, 0.25) is 5.02 Å². The van der Waals surface area contributed by atoms with Gasteiger partial charge in [-0.3, -0.25) is 9.59 Å². The maximum Gasteiger partial charge on any atom is 0.242 e. The number of amides is 2. The zero-order chi connectivity index (χ0) is 23.5. The highest BCUT2D eigenvalue weighted by atomic mass is 35.5. The lowest BCUT2D eigenvalue weighted by Gasteiger charge is -2.31. The van der Waals surface area contributed by atoms with Crippen molar-refractivity contribution in [2.45, 2.75) is 59.5 Å². The average Bonchev–Trinajstić information content (AvgIpc) is 2.77. The van der Waals surface area contributed by atoms with Crippen LogP contribution in [0.1, 0.15) is 51.2 Å². The molecule has 1 N–H and O–H groups in total. The van der Waals surface area contributed by atoms with E-state index in [2.05, 4.69) is 19.2 Å². The van der Waals surface area contributed by atoms with Gasteiger partial charge in [-0.1, -0.05) is 56.6 Å². The summed E-state index contributed by atoms with van der Waals surface area (Å²) in [5.41, 5.74) is 2.15. The summed E-state index contributed by atoms with van der Waals surface area (Å²) in [6.07, 6.45) is 1.44. The molecule has 1 atom stereocenters. The summed E-state index contributed by atoms with van der Waals surface area (Å²) in [7, 11) is 0. The number of benzene rings is 2. The first-order valence-electron chi connectivity index (χ1n) is 11.3. The Balaban J connectivity index is 2.05. The van der Waals surface area contributed by atoms with E-state index in [1.165, 1.54) is 0 Å². The second kappa shape index (κ2) is 13.1. The van der Waals surface area contributed by atoms with Gasteiger partial charge in [0.25, 0.3) is 0 Å². The molecular formula is C26H35ClN2O3. The van der Waals surface area contributed by atoms with Crippen molar-refractivity contribution in [1.82, 2.24) is 10.2 Å². The highest BCUT2D eigenvalue weighted by Crippen LogP contribution is 2.18. The Morgan fingerprint density at radius 3 is 2.41 bits per heavy atom. The molecule has 0 aliphatic rings. The van der Waals surface area contributed by atoms with Gasteiger partial charge in [0.05, 0.1) is 6.61 Å². The molecule has 2 aromatic rings. The monoisotopic (exact) mass is 458 g/mol. The molecule has 2 amide bonds. The smallest absolute Gasteiger partial charge is 0.242 e. The van der Waals surface area contributed by atoms with Gasteiger partial charge >= 0.3 is 0 Å². The molecule has 0 aliphatic carbocycles. The zero-order valence-corrected chi connectivity index (χ0v) is 20.3. The van der Waals surface area contributed by atoms with Crippen molar-refractivity contribution >= 4 is 23.4 Å². The van der Waals surface area contributed by atoms with Gasteiger partial charge in [-0.2, -0.15) is 0 Å². The highest BCUT2D eigenvalue weighted by molar-refractivity contribution is 6.30. The summed E-state index contributed by atoms with van der Waals surface area (Å²) >= 11 is 5.90. The van der Waals surface area contributed by atoms with Crippen LogP contribution in [0, 0.1) is 12.8 Å². The molecule has 0 heterocycles. The predicted octanol–water partition coefficient (Wildman–Crippen LogP) is 5.39. The van der Waals surface area contributed by atoms with Gasteiger partial charge < -0.3 is 15.0 Å². The number of nitrogens with one attached hydrogen (secondary N) is 1. The molecule has 0 spiro atoms. The highest BCUT2D eigenvalue weighted by Gasteiger charge is 2.28. The SMILES string of the molecule is CCC(C(=O)NCC(C)C)N(Cc1ccccc1C)C(=O)CCCOc1ccc(Cl)cc1. The van der Waals surface area contributed by atoms with Crippen LogP contribution < -0.4 is 10.1 Å². The average molecular weight is 459 g/mol. The minimum Gasteiger partial charge on any atom is -0.494 e. The number of carbonyl (C=O) groups excluding carboxylic acids is 2. The van der Waals surface area contributed by atoms with E-state index in [1.54, 1.807) is 29.2 Å². The molecular weight excluding hydrogens is 424 g/mol. The third kappa shape index (κ3) is 8.19. The summed E-state index contributed by atoms with van der Waals surface area (Å²) in [6, 6.07) is 14.6. The van der Waals surface area contributed by atoms with Gasteiger partial charge in [0, 0.05) is 24.5 Å². The molecule has 174 valence electrons. The minimum absolute atomic E-state index is 0.0421. The number of ether oxygens (including phenoxy) is 1. The first-order valence-corrected chi connectivity index (χ1v) is 11.7.